The number of carbonyl (C=O) groups excluding carboxylic acids is 1. The number of anilines is 1. The van der Waals surface area contributed by atoms with Gasteiger partial charge in [-0.05, 0) is 23.3 Å². The van der Waals surface area contributed by atoms with E-state index < -0.39 is 0 Å². The molecule has 3 heterocycles. The summed E-state index contributed by atoms with van der Waals surface area (Å²) in [5, 5.41) is 12.7. The number of aromatic nitrogens is 5. The largest absolute Gasteiger partial charge is 0.352 e. The molecular formula is C24H23N7O. The molecule has 32 heavy (non-hydrogen) atoms. The van der Waals surface area contributed by atoms with Crippen LogP contribution in [0.4, 0.5) is 5.82 Å². The molecule has 160 valence electrons. The van der Waals surface area contributed by atoms with Crippen LogP contribution in [0.5, 0.6) is 0 Å². The van der Waals surface area contributed by atoms with E-state index in [0.29, 0.717) is 32.0 Å². The summed E-state index contributed by atoms with van der Waals surface area (Å²) in [4.78, 5) is 21.6. The van der Waals surface area contributed by atoms with Gasteiger partial charge in [0, 0.05) is 26.2 Å². The summed E-state index contributed by atoms with van der Waals surface area (Å²) in [7, 11) is 0. The van der Waals surface area contributed by atoms with Crippen LogP contribution in [-0.4, -0.2) is 61.9 Å². The van der Waals surface area contributed by atoms with Crippen molar-refractivity contribution in [2.24, 2.45) is 0 Å². The van der Waals surface area contributed by atoms with Crippen LogP contribution in [0, 0.1) is 0 Å². The number of piperazine rings is 1. The topological polar surface area (TPSA) is 80.0 Å². The van der Waals surface area contributed by atoms with E-state index in [1.807, 2.05) is 77.7 Å². The van der Waals surface area contributed by atoms with Crippen molar-refractivity contribution in [1.82, 2.24) is 29.9 Å². The van der Waals surface area contributed by atoms with E-state index in [1.54, 1.807) is 11.0 Å². The summed E-state index contributed by atoms with van der Waals surface area (Å²) in [6, 6.07) is 23.8. The van der Waals surface area contributed by atoms with Crippen molar-refractivity contribution < 1.29 is 4.79 Å². The van der Waals surface area contributed by atoms with Crippen LogP contribution < -0.4 is 4.90 Å². The molecule has 1 aliphatic rings. The van der Waals surface area contributed by atoms with Gasteiger partial charge in [0.25, 0.3) is 0 Å². The van der Waals surface area contributed by atoms with Crippen LogP contribution in [-0.2, 0) is 4.79 Å². The van der Waals surface area contributed by atoms with Crippen LogP contribution in [0.2, 0.25) is 0 Å². The molecule has 0 N–H and O–H groups in total. The lowest BCUT2D eigenvalue weighted by Gasteiger charge is -2.37. The molecule has 0 radical (unpaired) electrons. The summed E-state index contributed by atoms with van der Waals surface area (Å²) in [6.07, 6.45) is 3.05. The van der Waals surface area contributed by atoms with Crippen molar-refractivity contribution in [2.45, 2.75) is 5.92 Å². The fourth-order valence-corrected chi connectivity index (χ4v) is 4.04. The predicted molar refractivity (Wildman–Crippen MR) is 120 cm³/mol. The van der Waals surface area contributed by atoms with E-state index in [0.717, 1.165) is 16.9 Å². The Morgan fingerprint density at radius 2 is 1.34 bits per heavy atom. The molecule has 0 unspecified atom stereocenters. The Kier molecular flexibility index (Phi) is 5.57. The highest BCUT2D eigenvalue weighted by molar-refractivity contribution is 5.87. The molecule has 0 bridgehead atoms. The van der Waals surface area contributed by atoms with Gasteiger partial charge in [-0.15, -0.1) is 10.2 Å². The normalized spacial score (nSPS) is 14.0. The van der Waals surface area contributed by atoms with Crippen LogP contribution in [0.25, 0.3) is 5.82 Å². The van der Waals surface area contributed by atoms with Crippen molar-refractivity contribution in [3.63, 3.8) is 0 Å². The van der Waals surface area contributed by atoms with Crippen molar-refractivity contribution in [3.05, 3.63) is 96.6 Å². The molecule has 0 aliphatic carbocycles. The van der Waals surface area contributed by atoms with Crippen molar-refractivity contribution >= 4 is 11.7 Å². The van der Waals surface area contributed by atoms with Gasteiger partial charge >= 0.3 is 0 Å². The molecule has 1 fully saturated rings. The lowest BCUT2D eigenvalue weighted by Crippen LogP contribution is -2.50. The van der Waals surface area contributed by atoms with Gasteiger partial charge in [0.2, 0.25) is 5.91 Å². The maximum atomic E-state index is 13.6. The number of nitrogens with zero attached hydrogens (tertiary/aromatic N) is 7. The van der Waals surface area contributed by atoms with E-state index in [9.17, 15) is 4.79 Å². The second kappa shape index (κ2) is 8.97. The maximum Gasteiger partial charge on any atom is 0.234 e. The lowest BCUT2D eigenvalue weighted by molar-refractivity contribution is -0.132. The third-order valence-electron chi connectivity index (χ3n) is 5.72. The molecule has 0 atom stereocenters. The molecule has 4 aromatic rings. The van der Waals surface area contributed by atoms with E-state index in [2.05, 4.69) is 25.2 Å². The van der Waals surface area contributed by atoms with Gasteiger partial charge in [0.05, 0.1) is 5.92 Å². The van der Waals surface area contributed by atoms with Gasteiger partial charge in [-0.25, -0.2) is 9.67 Å². The summed E-state index contributed by atoms with van der Waals surface area (Å²) in [5.41, 5.74) is 2.03. The number of carbonyl (C=O) groups is 1. The van der Waals surface area contributed by atoms with Crippen molar-refractivity contribution in [3.8, 4) is 5.82 Å². The molecule has 8 nitrogen and oxygen atoms in total. The molecule has 1 saturated heterocycles. The average Bonchev–Trinajstić information content (AvgIpc) is 3.41. The fraction of sp³-hybridized carbons (Fsp3) is 0.208. The molecule has 2 aromatic heterocycles. The lowest BCUT2D eigenvalue weighted by atomic mass is 9.90. The SMILES string of the molecule is O=C(C(c1ccccc1)c1ccccc1)N1CCN(c2ccc(-n3cncn3)nn2)CC1. The van der Waals surface area contributed by atoms with Crippen LogP contribution in [0.3, 0.4) is 0 Å². The number of benzene rings is 2. The molecule has 0 saturated carbocycles. The number of amides is 1. The molecule has 0 spiro atoms. The zero-order valence-electron chi connectivity index (χ0n) is 17.5. The Morgan fingerprint density at radius 1 is 0.750 bits per heavy atom. The van der Waals surface area contributed by atoms with E-state index in [4.69, 9.17) is 0 Å². The molecular weight excluding hydrogens is 402 g/mol. The minimum Gasteiger partial charge on any atom is -0.352 e. The predicted octanol–water partition coefficient (Wildman–Crippen LogP) is 2.54. The highest BCUT2D eigenvalue weighted by Gasteiger charge is 2.30. The first kappa shape index (κ1) is 19.9. The standard InChI is InChI=1S/C24H23N7O/c32-24(23(19-7-3-1-4-8-19)20-9-5-2-6-10-20)30-15-13-29(14-16-30)21-11-12-22(28-27-21)31-18-25-17-26-31/h1-12,17-18,23H,13-16H2. The second-order valence-electron chi connectivity index (χ2n) is 7.66. The van der Waals surface area contributed by atoms with E-state index >= 15 is 0 Å². The number of hydrogen-bond acceptors (Lipinski definition) is 6. The quantitative estimate of drug-likeness (QED) is 0.489. The maximum absolute atomic E-state index is 13.6. The first-order valence-corrected chi connectivity index (χ1v) is 10.6. The van der Waals surface area contributed by atoms with Crippen LogP contribution in [0.1, 0.15) is 17.0 Å². The minimum atomic E-state index is -0.300. The van der Waals surface area contributed by atoms with Gasteiger partial charge in [-0.3, -0.25) is 4.79 Å². The number of rotatable bonds is 5. The van der Waals surface area contributed by atoms with E-state index in [1.165, 1.54) is 6.33 Å². The first-order valence-electron chi connectivity index (χ1n) is 10.6. The highest BCUT2D eigenvalue weighted by Crippen LogP contribution is 2.27. The third-order valence-corrected chi connectivity index (χ3v) is 5.72. The summed E-state index contributed by atoms with van der Waals surface area (Å²) in [6.45, 7) is 2.70. The second-order valence-corrected chi connectivity index (χ2v) is 7.66. The Labute approximate surface area is 186 Å². The zero-order chi connectivity index (χ0) is 21.8. The van der Waals surface area contributed by atoms with E-state index in [-0.39, 0.29) is 11.8 Å². The fourth-order valence-electron chi connectivity index (χ4n) is 4.04. The van der Waals surface area contributed by atoms with Crippen molar-refractivity contribution in [2.75, 3.05) is 31.1 Å². The van der Waals surface area contributed by atoms with Crippen LogP contribution in [0.15, 0.2) is 85.5 Å². The summed E-state index contributed by atoms with van der Waals surface area (Å²) >= 11 is 0. The molecule has 1 aliphatic heterocycles. The third kappa shape index (κ3) is 4.07. The summed E-state index contributed by atoms with van der Waals surface area (Å²) < 4.78 is 1.57. The summed E-state index contributed by atoms with van der Waals surface area (Å²) in [5.74, 6) is 1.25. The van der Waals surface area contributed by atoms with Gasteiger partial charge < -0.3 is 9.80 Å². The Hall–Kier alpha value is -4.07. The van der Waals surface area contributed by atoms with Crippen LogP contribution >= 0.6 is 0 Å². The monoisotopic (exact) mass is 425 g/mol. The molecule has 1 amide bonds. The van der Waals surface area contributed by atoms with Gasteiger partial charge in [0.15, 0.2) is 11.6 Å². The Morgan fingerprint density at radius 3 is 1.88 bits per heavy atom. The van der Waals surface area contributed by atoms with Gasteiger partial charge in [-0.2, -0.15) is 5.10 Å². The highest BCUT2D eigenvalue weighted by atomic mass is 16.2. The first-order chi connectivity index (χ1) is 15.8. The minimum absolute atomic E-state index is 0.134. The zero-order valence-corrected chi connectivity index (χ0v) is 17.5. The molecule has 8 heteroatoms. The average molecular weight is 425 g/mol. The van der Waals surface area contributed by atoms with Crippen molar-refractivity contribution in [1.29, 1.82) is 0 Å². The Balaban J connectivity index is 1.29. The molecule has 2 aromatic carbocycles. The number of hydrogen-bond donors (Lipinski definition) is 0. The van der Waals surface area contributed by atoms with Gasteiger partial charge in [-0.1, -0.05) is 60.7 Å². The smallest absolute Gasteiger partial charge is 0.234 e. The Bertz CT molecular complexity index is 1100. The van der Waals surface area contributed by atoms with Gasteiger partial charge in [0.1, 0.15) is 12.7 Å². The molecule has 5 rings (SSSR count).